The van der Waals surface area contributed by atoms with Crippen molar-refractivity contribution < 1.29 is 19.1 Å². The van der Waals surface area contributed by atoms with Crippen LogP contribution < -0.4 is 10.2 Å². The van der Waals surface area contributed by atoms with Crippen LogP contribution in [0.2, 0.25) is 0 Å². The van der Waals surface area contributed by atoms with Crippen molar-refractivity contribution in [3.8, 4) is 11.8 Å². The van der Waals surface area contributed by atoms with Crippen LogP contribution in [0.5, 0.6) is 0 Å². The average molecular weight is 476 g/mol. The first-order valence-corrected chi connectivity index (χ1v) is 11.2. The molecule has 180 valence electrons. The van der Waals surface area contributed by atoms with Crippen molar-refractivity contribution in [3.63, 3.8) is 0 Å². The third-order valence-electron chi connectivity index (χ3n) is 5.59. The van der Waals surface area contributed by atoms with Gasteiger partial charge in [0.1, 0.15) is 11.6 Å². The van der Waals surface area contributed by atoms with Crippen molar-refractivity contribution in [2.24, 2.45) is 0 Å². The van der Waals surface area contributed by atoms with E-state index < -0.39 is 23.6 Å². The monoisotopic (exact) mass is 475 g/mol. The number of anilines is 1. The standard InChI is InChI=1S/C26H26FN5O3/c1-26(2,35)12-11-17-7-8-19-9-10-21(24(33)31(3)22(19)14-17)30-25(34)32-16-18(15-28-32)13-20-5-4-6-23(27)29-20/h4-8,14-16,21,35H,9-10,13H2,1-3H3,(H,30,34). The number of hydrogen-bond donors (Lipinski definition) is 2. The van der Waals surface area contributed by atoms with Gasteiger partial charge in [0, 0.05) is 36.6 Å². The second-order valence-corrected chi connectivity index (χ2v) is 9.01. The van der Waals surface area contributed by atoms with Crippen LogP contribution in [0, 0.1) is 17.8 Å². The van der Waals surface area contributed by atoms with E-state index >= 15 is 0 Å². The lowest BCUT2D eigenvalue weighted by Crippen LogP contribution is -2.48. The minimum Gasteiger partial charge on any atom is -0.378 e. The lowest BCUT2D eigenvalue weighted by molar-refractivity contribution is -0.120. The van der Waals surface area contributed by atoms with Gasteiger partial charge in [0.05, 0.1) is 6.20 Å². The van der Waals surface area contributed by atoms with E-state index in [0.29, 0.717) is 36.1 Å². The van der Waals surface area contributed by atoms with Gasteiger partial charge >= 0.3 is 6.03 Å². The number of aromatic nitrogens is 3. The highest BCUT2D eigenvalue weighted by Gasteiger charge is 2.30. The minimum atomic E-state index is -1.12. The van der Waals surface area contributed by atoms with Crippen LogP contribution >= 0.6 is 0 Å². The fraction of sp³-hybridized carbons (Fsp3) is 0.308. The highest BCUT2D eigenvalue weighted by molar-refractivity contribution is 6.00. The number of hydrogen-bond acceptors (Lipinski definition) is 5. The van der Waals surface area contributed by atoms with Crippen LogP contribution in [0.4, 0.5) is 14.9 Å². The van der Waals surface area contributed by atoms with Gasteiger partial charge in [-0.2, -0.15) is 14.2 Å². The highest BCUT2D eigenvalue weighted by Crippen LogP contribution is 2.27. The zero-order valence-corrected chi connectivity index (χ0v) is 19.7. The molecule has 2 N–H and O–H groups in total. The summed E-state index contributed by atoms with van der Waals surface area (Å²) >= 11 is 0. The van der Waals surface area contributed by atoms with Crippen molar-refractivity contribution in [3.05, 3.63) is 77.1 Å². The summed E-state index contributed by atoms with van der Waals surface area (Å²) in [7, 11) is 1.66. The average Bonchev–Trinajstić information content (AvgIpc) is 3.23. The van der Waals surface area contributed by atoms with E-state index in [1.165, 1.54) is 23.4 Å². The van der Waals surface area contributed by atoms with Gasteiger partial charge in [0.2, 0.25) is 11.9 Å². The molecule has 1 aliphatic rings. The Morgan fingerprint density at radius 1 is 1.31 bits per heavy atom. The van der Waals surface area contributed by atoms with E-state index in [-0.39, 0.29) is 5.91 Å². The van der Waals surface area contributed by atoms with Gasteiger partial charge in [-0.25, -0.2) is 9.78 Å². The van der Waals surface area contributed by atoms with Gasteiger partial charge in [-0.1, -0.05) is 24.0 Å². The third-order valence-corrected chi connectivity index (χ3v) is 5.59. The summed E-state index contributed by atoms with van der Waals surface area (Å²) in [6.07, 6.45) is 4.39. The molecule has 3 aromatic rings. The quantitative estimate of drug-likeness (QED) is 0.448. The Kier molecular flexibility index (Phi) is 6.67. The Morgan fingerprint density at radius 3 is 2.86 bits per heavy atom. The van der Waals surface area contributed by atoms with Crippen molar-refractivity contribution >= 4 is 17.6 Å². The molecule has 8 nitrogen and oxygen atoms in total. The molecule has 3 heterocycles. The van der Waals surface area contributed by atoms with Gasteiger partial charge < -0.3 is 15.3 Å². The molecule has 0 fully saturated rings. The molecule has 35 heavy (non-hydrogen) atoms. The predicted octanol–water partition coefficient (Wildman–Crippen LogP) is 2.67. The first-order chi connectivity index (χ1) is 16.6. The molecule has 2 aromatic heterocycles. The summed E-state index contributed by atoms with van der Waals surface area (Å²) < 4.78 is 14.5. The molecule has 0 bridgehead atoms. The topological polar surface area (TPSA) is 100 Å². The Labute approximate surface area is 202 Å². The molecule has 0 spiro atoms. The first-order valence-electron chi connectivity index (χ1n) is 11.2. The van der Waals surface area contributed by atoms with Crippen LogP contribution in [-0.2, 0) is 17.6 Å². The van der Waals surface area contributed by atoms with Crippen LogP contribution in [0.25, 0.3) is 0 Å². The summed E-state index contributed by atoms with van der Waals surface area (Å²) in [6, 6.07) is 8.86. The maximum Gasteiger partial charge on any atom is 0.342 e. The SMILES string of the molecule is CN1C(=O)C(NC(=O)n2cc(Cc3cccc(F)n3)cn2)CCc2ccc(C#CC(C)(C)O)cc21. The number of carbonyl (C=O) groups excluding carboxylic acids is 2. The van der Waals surface area contributed by atoms with Crippen molar-refractivity contribution in [2.45, 2.75) is 44.8 Å². The largest absolute Gasteiger partial charge is 0.378 e. The number of pyridine rings is 1. The van der Waals surface area contributed by atoms with E-state index in [0.717, 1.165) is 15.9 Å². The van der Waals surface area contributed by atoms with E-state index in [1.54, 1.807) is 33.0 Å². The lowest BCUT2D eigenvalue weighted by atomic mass is 10.0. The molecule has 2 amide bonds. The van der Waals surface area contributed by atoms with E-state index in [4.69, 9.17) is 0 Å². The molecule has 0 saturated carbocycles. The fourth-order valence-corrected chi connectivity index (χ4v) is 3.84. The molecular weight excluding hydrogens is 449 g/mol. The number of amides is 2. The number of fused-ring (bicyclic) bond motifs is 1. The number of halogens is 1. The summed E-state index contributed by atoms with van der Waals surface area (Å²) in [5, 5.41) is 16.7. The molecule has 0 saturated heterocycles. The van der Waals surface area contributed by atoms with Crippen molar-refractivity contribution in [1.82, 2.24) is 20.1 Å². The first kappa shape index (κ1) is 24.1. The summed E-state index contributed by atoms with van der Waals surface area (Å²) in [6.45, 7) is 3.21. The minimum absolute atomic E-state index is 0.249. The van der Waals surface area contributed by atoms with Gasteiger partial charge in [-0.05, 0) is 62.1 Å². The Hall–Kier alpha value is -4.03. The second kappa shape index (κ2) is 9.68. The number of nitrogens with one attached hydrogen (secondary N) is 1. The number of nitrogens with zero attached hydrogens (tertiary/aromatic N) is 4. The smallest absolute Gasteiger partial charge is 0.342 e. The predicted molar refractivity (Wildman–Crippen MR) is 128 cm³/mol. The number of benzene rings is 1. The molecule has 0 aliphatic carbocycles. The van der Waals surface area contributed by atoms with Crippen LogP contribution in [0.1, 0.15) is 42.7 Å². The summed E-state index contributed by atoms with van der Waals surface area (Å²) in [5.41, 5.74) is 2.47. The molecule has 1 unspecified atom stereocenters. The van der Waals surface area contributed by atoms with Gasteiger partial charge in [-0.3, -0.25) is 4.79 Å². The maximum absolute atomic E-state index is 13.3. The van der Waals surface area contributed by atoms with E-state index in [9.17, 15) is 19.1 Å². The Balaban J connectivity index is 1.45. The lowest BCUT2D eigenvalue weighted by Gasteiger charge is -2.22. The second-order valence-electron chi connectivity index (χ2n) is 9.01. The molecule has 1 aromatic carbocycles. The number of aliphatic hydroxyl groups is 1. The molecule has 9 heteroatoms. The van der Waals surface area contributed by atoms with Gasteiger partial charge in [-0.15, -0.1) is 0 Å². The van der Waals surface area contributed by atoms with Gasteiger partial charge in [0.25, 0.3) is 0 Å². The summed E-state index contributed by atoms with van der Waals surface area (Å²) in [5.74, 6) is 4.89. The van der Waals surface area contributed by atoms with Crippen LogP contribution in [0.15, 0.2) is 48.8 Å². The molecule has 4 rings (SSSR count). The molecule has 1 aliphatic heterocycles. The number of rotatable bonds is 3. The molecule has 1 atom stereocenters. The highest BCUT2D eigenvalue weighted by atomic mass is 19.1. The normalized spacial score (nSPS) is 15.6. The zero-order chi connectivity index (χ0) is 25.2. The third kappa shape index (κ3) is 5.91. The Morgan fingerprint density at radius 2 is 2.11 bits per heavy atom. The van der Waals surface area contributed by atoms with Gasteiger partial charge in [0.15, 0.2) is 0 Å². The molecular formula is C26H26FN5O3. The Bertz CT molecular complexity index is 1330. The number of likely N-dealkylation sites (N-methyl/N-ethyl adjacent to an activating group) is 1. The zero-order valence-electron chi connectivity index (χ0n) is 19.7. The molecule has 0 radical (unpaired) electrons. The van der Waals surface area contributed by atoms with Crippen LogP contribution in [-0.4, -0.2) is 50.5 Å². The van der Waals surface area contributed by atoms with Crippen molar-refractivity contribution in [1.29, 1.82) is 0 Å². The van der Waals surface area contributed by atoms with E-state index in [1.807, 2.05) is 18.2 Å². The van der Waals surface area contributed by atoms with E-state index in [2.05, 4.69) is 27.2 Å². The maximum atomic E-state index is 13.3. The summed E-state index contributed by atoms with van der Waals surface area (Å²) in [4.78, 5) is 31.3. The number of carbonyl (C=O) groups is 2. The fourth-order valence-electron chi connectivity index (χ4n) is 3.84. The van der Waals surface area contributed by atoms with Crippen LogP contribution in [0.3, 0.4) is 0 Å². The van der Waals surface area contributed by atoms with Crippen molar-refractivity contribution in [2.75, 3.05) is 11.9 Å². The number of aryl methyl sites for hydroxylation is 1.